The first-order valence-electron chi connectivity index (χ1n) is 6.62. The molecule has 2 rings (SSSR count). The lowest BCUT2D eigenvalue weighted by atomic mass is 9.74. The topological polar surface area (TPSA) is 41.1 Å². The summed E-state index contributed by atoms with van der Waals surface area (Å²) in [6.45, 7) is 6.83. The lowest BCUT2D eigenvalue weighted by molar-refractivity contribution is -0.132. The lowest BCUT2D eigenvalue weighted by Crippen LogP contribution is -2.47. The summed E-state index contributed by atoms with van der Waals surface area (Å²) in [5, 5.41) is 8.49. The van der Waals surface area contributed by atoms with Crippen LogP contribution in [-0.4, -0.2) is 19.0 Å². The molecule has 1 aromatic rings. The molecule has 2 N–H and O–H groups in total. The highest BCUT2D eigenvalue weighted by molar-refractivity contribution is 7.09. The van der Waals surface area contributed by atoms with Crippen LogP contribution in [0.5, 0.6) is 0 Å². The first-order valence-corrected chi connectivity index (χ1v) is 7.50. The Hall–Kier alpha value is -0.870. The molecule has 1 amide bonds. The number of nitrogens with one attached hydrogen (secondary N) is 2. The zero-order valence-corrected chi connectivity index (χ0v) is 12.0. The van der Waals surface area contributed by atoms with Gasteiger partial charge in [0.25, 0.3) is 0 Å². The quantitative estimate of drug-likeness (QED) is 0.878. The standard InChI is InChI=1S/C14H22N2OS/c1-14(2,11-5-3-7-15-9-11)13(17)16-10-12-6-4-8-18-12/h4,6,8,11,15H,3,5,7,9-10H2,1-2H3,(H,16,17). The van der Waals surface area contributed by atoms with E-state index in [2.05, 4.69) is 30.5 Å². The normalized spacial score (nSPS) is 20.7. The van der Waals surface area contributed by atoms with E-state index in [9.17, 15) is 4.79 Å². The molecule has 4 heteroatoms. The summed E-state index contributed by atoms with van der Waals surface area (Å²) in [6, 6.07) is 4.07. The number of carbonyl (C=O) groups excluding carboxylic acids is 1. The van der Waals surface area contributed by atoms with Crippen LogP contribution in [0.4, 0.5) is 0 Å². The number of hydrogen-bond acceptors (Lipinski definition) is 3. The van der Waals surface area contributed by atoms with Gasteiger partial charge in [0.1, 0.15) is 0 Å². The third-order valence-corrected chi connectivity index (χ3v) is 4.78. The molecule has 1 unspecified atom stereocenters. The van der Waals surface area contributed by atoms with Gasteiger partial charge in [0.15, 0.2) is 0 Å². The molecular formula is C14H22N2OS. The molecule has 0 aromatic carbocycles. The summed E-state index contributed by atoms with van der Waals surface area (Å²) in [7, 11) is 0. The van der Waals surface area contributed by atoms with E-state index in [1.165, 1.54) is 11.3 Å². The van der Waals surface area contributed by atoms with Crippen LogP contribution < -0.4 is 10.6 Å². The van der Waals surface area contributed by atoms with Crippen molar-refractivity contribution in [2.45, 2.75) is 33.2 Å². The fourth-order valence-corrected chi connectivity index (χ4v) is 3.11. The molecule has 1 aromatic heterocycles. The molecule has 1 saturated heterocycles. The largest absolute Gasteiger partial charge is 0.351 e. The molecule has 1 atom stereocenters. The molecular weight excluding hydrogens is 244 g/mol. The Morgan fingerprint density at radius 3 is 3.06 bits per heavy atom. The van der Waals surface area contributed by atoms with Gasteiger partial charge in [-0.2, -0.15) is 0 Å². The van der Waals surface area contributed by atoms with Crippen LogP contribution in [0, 0.1) is 11.3 Å². The Kier molecular flexibility index (Phi) is 4.40. The van der Waals surface area contributed by atoms with Gasteiger partial charge in [-0.25, -0.2) is 0 Å². The predicted molar refractivity (Wildman–Crippen MR) is 75.5 cm³/mol. The number of amides is 1. The zero-order valence-electron chi connectivity index (χ0n) is 11.2. The first kappa shape index (κ1) is 13.6. The number of rotatable bonds is 4. The number of hydrogen-bond donors (Lipinski definition) is 2. The molecule has 0 radical (unpaired) electrons. The van der Waals surface area contributed by atoms with Crippen molar-refractivity contribution in [3.63, 3.8) is 0 Å². The minimum Gasteiger partial charge on any atom is -0.351 e. The second-order valence-electron chi connectivity index (χ2n) is 5.53. The Morgan fingerprint density at radius 2 is 2.44 bits per heavy atom. The Balaban J connectivity index is 1.89. The van der Waals surface area contributed by atoms with Crippen molar-refractivity contribution >= 4 is 17.2 Å². The fraction of sp³-hybridized carbons (Fsp3) is 0.643. The maximum atomic E-state index is 12.3. The average molecular weight is 266 g/mol. The van der Waals surface area contributed by atoms with Gasteiger partial charge in [-0.05, 0) is 43.3 Å². The van der Waals surface area contributed by atoms with Gasteiger partial charge >= 0.3 is 0 Å². The minimum absolute atomic E-state index is 0.171. The molecule has 1 aliphatic heterocycles. The summed E-state index contributed by atoms with van der Waals surface area (Å²) >= 11 is 1.68. The third kappa shape index (κ3) is 3.12. The van der Waals surface area contributed by atoms with Crippen LogP contribution in [0.15, 0.2) is 17.5 Å². The molecule has 0 saturated carbocycles. The average Bonchev–Trinajstić information content (AvgIpc) is 2.90. The van der Waals surface area contributed by atoms with Crippen molar-refractivity contribution in [1.82, 2.24) is 10.6 Å². The molecule has 1 fully saturated rings. The Labute approximate surface area is 113 Å². The van der Waals surface area contributed by atoms with E-state index in [0.717, 1.165) is 19.5 Å². The van der Waals surface area contributed by atoms with Crippen molar-refractivity contribution in [2.75, 3.05) is 13.1 Å². The predicted octanol–water partition coefficient (Wildman–Crippen LogP) is 2.39. The fourth-order valence-electron chi connectivity index (χ4n) is 2.46. The van der Waals surface area contributed by atoms with E-state index in [4.69, 9.17) is 0 Å². The van der Waals surface area contributed by atoms with Gasteiger partial charge in [0, 0.05) is 10.3 Å². The second kappa shape index (κ2) is 5.85. The van der Waals surface area contributed by atoms with E-state index in [0.29, 0.717) is 12.5 Å². The smallest absolute Gasteiger partial charge is 0.226 e. The van der Waals surface area contributed by atoms with Crippen molar-refractivity contribution in [2.24, 2.45) is 11.3 Å². The molecule has 1 aliphatic rings. The summed E-state index contributed by atoms with van der Waals surface area (Å²) in [5.74, 6) is 0.610. The molecule has 100 valence electrons. The third-order valence-electron chi connectivity index (χ3n) is 3.91. The van der Waals surface area contributed by atoms with Gasteiger partial charge in [0.2, 0.25) is 5.91 Å². The Bertz CT molecular complexity index is 381. The first-order chi connectivity index (χ1) is 8.60. The van der Waals surface area contributed by atoms with E-state index in [-0.39, 0.29) is 11.3 Å². The van der Waals surface area contributed by atoms with E-state index in [1.54, 1.807) is 11.3 Å². The molecule has 0 bridgehead atoms. The summed E-state index contributed by atoms with van der Waals surface area (Å²) in [6.07, 6.45) is 2.32. The van der Waals surface area contributed by atoms with Gasteiger partial charge in [-0.15, -0.1) is 11.3 Å². The number of carbonyl (C=O) groups is 1. The van der Waals surface area contributed by atoms with Gasteiger partial charge < -0.3 is 10.6 Å². The molecule has 18 heavy (non-hydrogen) atoms. The van der Waals surface area contributed by atoms with Crippen molar-refractivity contribution in [1.29, 1.82) is 0 Å². The monoisotopic (exact) mass is 266 g/mol. The van der Waals surface area contributed by atoms with Gasteiger partial charge in [0.05, 0.1) is 6.54 Å². The lowest BCUT2D eigenvalue weighted by Gasteiger charge is -2.36. The van der Waals surface area contributed by atoms with Crippen LogP contribution in [0.2, 0.25) is 0 Å². The number of piperidine rings is 1. The van der Waals surface area contributed by atoms with Gasteiger partial charge in [-0.1, -0.05) is 19.9 Å². The molecule has 2 heterocycles. The maximum Gasteiger partial charge on any atom is 0.226 e. The van der Waals surface area contributed by atoms with Crippen LogP contribution in [-0.2, 0) is 11.3 Å². The van der Waals surface area contributed by atoms with Crippen LogP contribution in [0.25, 0.3) is 0 Å². The van der Waals surface area contributed by atoms with Crippen molar-refractivity contribution in [3.05, 3.63) is 22.4 Å². The highest BCUT2D eigenvalue weighted by Gasteiger charge is 2.36. The molecule has 0 spiro atoms. The SMILES string of the molecule is CC(C)(C(=O)NCc1cccs1)C1CCCNC1. The minimum atomic E-state index is -0.287. The molecule has 3 nitrogen and oxygen atoms in total. The number of thiophene rings is 1. The maximum absolute atomic E-state index is 12.3. The summed E-state index contributed by atoms with van der Waals surface area (Å²) in [5.41, 5.74) is -0.287. The highest BCUT2D eigenvalue weighted by atomic mass is 32.1. The van der Waals surface area contributed by atoms with Gasteiger partial charge in [-0.3, -0.25) is 4.79 Å². The van der Waals surface area contributed by atoms with Crippen LogP contribution >= 0.6 is 11.3 Å². The summed E-state index contributed by atoms with van der Waals surface area (Å²) in [4.78, 5) is 13.5. The van der Waals surface area contributed by atoms with E-state index in [1.807, 2.05) is 11.4 Å². The highest BCUT2D eigenvalue weighted by Crippen LogP contribution is 2.32. The van der Waals surface area contributed by atoms with Crippen LogP contribution in [0.3, 0.4) is 0 Å². The van der Waals surface area contributed by atoms with E-state index >= 15 is 0 Å². The van der Waals surface area contributed by atoms with Crippen molar-refractivity contribution < 1.29 is 4.79 Å². The second-order valence-corrected chi connectivity index (χ2v) is 6.56. The summed E-state index contributed by atoms with van der Waals surface area (Å²) < 4.78 is 0. The Morgan fingerprint density at radius 1 is 1.61 bits per heavy atom. The van der Waals surface area contributed by atoms with Crippen molar-refractivity contribution in [3.8, 4) is 0 Å². The molecule has 0 aliphatic carbocycles. The zero-order chi connectivity index (χ0) is 13.0. The van der Waals surface area contributed by atoms with E-state index < -0.39 is 0 Å². The van der Waals surface area contributed by atoms with Crippen LogP contribution in [0.1, 0.15) is 31.6 Å².